The first kappa shape index (κ1) is 12.8. The fraction of sp³-hybridized carbons (Fsp3) is 0.294. The molecule has 1 N–H and O–H groups in total. The number of nitrogens with one attached hydrogen (secondary N) is 1. The van der Waals surface area contributed by atoms with Gasteiger partial charge < -0.3 is 5.32 Å². The first-order chi connectivity index (χ1) is 8.70. The summed E-state index contributed by atoms with van der Waals surface area (Å²) in [7, 11) is 0. The van der Waals surface area contributed by atoms with Gasteiger partial charge in [-0.2, -0.15) is 0 Å². The Balaban J connectivity index is 2.37. The van der Waals surface area contributed by atoms with Crippen LogP contribution in [-0.4, -0.2) is 6.54 Å². The Morgan fingerprint density at radius 3 is 2.56 bits per heavy atom. The summed E-state index contributed by atoms with van der Waals surface area (Å²) in [6.45, 7) is 8.40. The lowest BCUT2D eigenvalue weighted by Gasteiger charge is -2.10. The quantitative estimate of drug-likeness (QED) is 0.847. The molecule has 0 unspecified atom stereocenters. The topological polar surface area (TPSA) is 12.0 Å². The van der Waals surface area contributed by atoms with Gasteiger partial charge in [-0.3, -0.25) is 0 Å². The number of benzene rings is 2. The average Bonchev–Trinajstić information content (AvgIpc) is 2.38. The van der Waals surface area contributed by atoms with Crippen LogP contribution in [0, 0.1) is 13.8 Å². The Morgan fingerprint density at radius 2 is 1.83 bits per heavy atom. The average molecular weight is 239 g/mol. The van der Waals surface area contributed by atoms with Gasteiger partial charge in [0, 0.05) is 6.54 Å². The zero-order chi connectivity index (χ0) is 13.0. The van der Waals surface area contributed by atoms with Crippen LogP contribution in [0.2, 0.25) is 0 Å². The molecular weight excluding hydrogens is 218 g/mol. The SMILES string of the molecule is CCNCc1ccc(C)c(-c2cccc(C)c2)c1. The zero-order valence-electron chi connectivity index (χ0n) is 11.5. The van der Waals surface area contributed by atoms with E-state index in [1.165, 1.54) is 27.8 Å². The van der Waals surface area contributed by atoms with Gasteiger partial charge in [-0.1, -0.05) is 48.9 Å². The van der Waals surface area contributed by atoms with Gasteiger partial charge in [-0.05, 0) is 48.7 Å². The van der Waals surface area contributed by atoms with Crippen LogP contribution in [0.3, 0.4) is 0 Å². The maximum Gasteiger partial charge on any atom is 0.0205 e. The third-order valence-corrected chi connectivity index (χ3v) is 3.21. The largest absolute Gasteiger partial charge is 0.313 e. The Hall–Kier alpha value is -1.60. The summed E-state index contributed by atoms with van der Waals surface area (Å²) in [4.78, 5) is 0. The Morgan fingerprint density at radius 1 is 1.00 bits per heavy atom. The predicted octanol–water partition coefficient (Wildman–Crippen LogP) is 4.08. The van der Waals surface area contributed by atoms with Crippen molar-refractivity contribution in [1.82, 2.24) is 5.32 Å². The number of hydrogen-bond acceptors (Lipinski definition) is 1. The van der Waals surface area contributed by atoms with Crippen molar-refractivity contribution in [2.24, 2.45) is 0 Å². The maximum atomic E-state index is 3.37. The Bertz CT molecular complexity index is 529. The van der Waals surface area contributed by atoms with Crippen molar-refractivity contribution < 1.29 is 0 Å². The number of hydrogen-bond donors (Lipinski definition) is 1. The summed E-state index contributed by atoms with van der Waals surface area (Å²) in [5, 5.41) is 3.37. The minimum atomic E-state index is 0.940. The van der Waals surface area contributed by atoms with E-state index in [-0.39, 0.29) is 0 Å². The predicted molar refractivity (Wildman–Crippen MR) is 78.7 cm³/mol. The van der Waals surface area contributed by atoms with E-state index in [4.69, 9.17) is 0 Å². The molecule has 0 saturated heterocycles. The fourth-order valence-electron chi connectivity index (χ4n) is 2.17. The van der Waals surface area contributed by atoms with Gasteiger partial charge in [0.1, 0.15) is 0 Å². The summed E-state index contributed by atoms with van der Waals surface area (Å²) < 4.78 is 0. The molecular formula is C17H21N. The van der Waals surface area contributed by atoms with Gasteiger partial charge in [-0.25, -0.2) is 0 Å². The maximum absolute atomic E-state index is 3.37. The third kappa shape index (κ3) is 2.99. The monoisotopic (exact) mass is 239 g/mol. The lowest BCUT2D eigenvalue weighted by atomic mass is 9.97. The Kier molecular flexibility index (Phi) is 4.16. The van der Waals surface area contributed by atoms with Gasteiger partial charge in [0.2, 0.25) is 0 Å². The summed E-state index contributed by atoms with van der Waals surface area (Å²) in [5.74, 6) is 0. The molecule has 0 heterocycles. The van der Waals surface area contributed by atoms with E-state index in [1.54, 1.807) is 0 Å². The van der Waals surface area contributed by atoms with E-state index >= 15 is 0 Å². The molecule has 0 aliphatic carbocycles. The normalized spacial score (nSPS) is 10.6. The molecule has 1 nitrogen and oxygen atoms in total. The summed E-state index contributed by atoms with van der Waals surface area (Å²) >= 11 is 0. The lowest BCUT2D eigenvalue weighted by Crippen LogP contribution is -2.11. The molecule has 0 aromatic heterocycles. The molecule has 0 atom stereocenters. The second-order valence-electron chi connectivity index (χ2n) is 4.80. The summed E-state index contributed by atoms with van der Waals surface area (Å²) in [5.41, 5.74) is 6.64. The molecule has 0 spiro atoms. The molecule has 0 aliphatic rings. The smallest absolute Gasteiger partial charge is 0.0205 e. The fourth-order valence-corrected chi connectivity index (χ4v) is 2.17. The van der Waals surface area contributed by atoms with Gasteiger partial charge in [-0.15, -0.1) is 0 Å². The van der Waals surface area contributed by atoms with Gasteiger partial charge in [0.15, 0.2) is 0 Å². The van der Waals surface area contributed by atoms with Crippen LogP contribution in [0.15, 0.2) is 42.5 Å². The van der Waals surface area contributed by atoms with Crippen molar-refractivity contribution in [1.29, 1.82) is 0 Å². The molecule has 0 amide bonds. The van der Waals surface area contributed by atoms with Gasteiger partial charge >= 0.3 is 0 Å². The molecule has 2 rings (SSSR count). The highest BCUT2D eigenvalue weighted by Crippen LogP contribution is 2.25. The first-order valence-corrected chi connectivity index (χ1v) is 6.58. The van der Waals surface area contributed by atoms with Crippen molar-refractivity contribution in [3.63, 3.8) is 0 Å². The molecule has 0 saturated carbocycles. The van der Waals surface area contributed by atoms with Crippen LogP contribution in [0.1, 0.15) is 23.6 Å². The molecule has 94 valence electrons. The van der Waals surface area contributed by atoms with E-state index in [9.17, 15) is 0 Å². The van der Waals surface area contributed by atoms with E-state index in [0.717, 1.165) is 13.1 Å². The van der Waals surface area contributed by atoms with Crippen LogP contribution in [-0.2, 0) is 6.54 Å². The van der Waals surface area contributed by atoms with Crippen LogP contribution in [0.4, 0.5) is 0 Å². The second kappa shape index (κ2) is 5.83. The molecule has 0 fully saturated rings. The molecule has 0 radical (unpaired) electrons. The van der Waals surface area contributed by atoms with E-state index < -0.39 is 0 Å². The molecule has 1 heteroatoms. The van der Waals surface area contributed by atoms with E-state index in [2.05, 4.69) is 68.6 Å². The molecule has 2 aromatic rings. The van der Waals surface area contributed by atoms with E-state index in [1.807, 2.05) is 0 Å². The van der Waals surface area contributed by atoms with Gasteiger partial charge in [0.25, 0.3) is 0 Å². The second-order valence-corrected chi connectivity index (χ2v) is 4.80. The van der Waals surface area contributed by atoms with Gasteiger partial charge in [0.05, 0.1) is 0 Å². The van der Waals surface area contributed by atoms with Crippen LogP contribution in [0.25, 0.3) is 11.1 Å². The van der Waals surface area contributed by atoms with Crippen molar-refractivity contribution >= 4 is 0 Å². The molecule has 0 aliphatic heterocycles. The van der Waals surface area contributed by atoms with Crippen LogP contribution in [0.5, 0.6) is 0 Å². The van der Waals surface area contributed by atoms with Crippen molar-refractivity contribution in [3.8, 4) is 11.1 Å². The lowest BCUT2D eigenvalue weighted by molar-refractivity contribution is 0.727. The summed E-state index contributed by atoms with van der Waals surface area (Å²) in [6, 6.07) is 15.4. The standard InChI is InChI=1S/C17H21N/c1-4-18-12-15-9-8-14(3)17(11-15)16-7-5-6-13(2)10-16/h5-11,18H,4,12H2,1-3H3. The van der Waals surface area contributed by atoms with Crippen molar-refractivity contribution in [3.05, 3.63) is 59.2 Å². The first-order valence-electron chi connectivity index (χ1n) is 6.58. The number of aryl methyl sites for hydroxylation is 2. The minimum absolute atomic E-state index is 0.940. The van der Waals surface area contributed by atoms with E-state index in [0.29, 0.717) is 0 Å². The van der Waals surface area contributed by atoms with Crippen molar-refractivity contribution in [2.45, 2.75) is 27.3 Å². The van der Waals surface area contributed by atoms with Crippen molar-refractivity contribution in [2.75, 3.05) is 6.54 Å². The minimum Gasteiger partial charge on any atom is -0.313 e. The molecule has 2 aromatic carbocycles. The summed E-state index contributed by atoms with van der Waals surface area (Å²) in [6.07, 6.45) is 0. The number of rotatable bonds is 4. The molecule has 18 heavy (non-hydrogen) atoms. The third-order valence-electron chi connectivity index (χ3n) is 3.21. The van der Waals surface area contributed by atoms with Crippen LogP contribution >= 0.6 is 0 Å². The zero-order valence-corrected chi connectivity index (χ0v) is 11.5. The highest BCUT2D eigenvalue weighted by Gasteiger charge is 2.03. The molecule has 0 bridgehead atoms. The van der Waals surface area contributed by atoms with Crippen LogP contribution < -0.4 is 5.32 Å². The Labute approximate surface area is 110 Å². The highest BCUT2D eigenvalue weighted by atomic mass is 14.8. The highest BCUT2D eigenvalue weighted by molar-refractivity contribution is 5.68.